The molecule has 114 valence electrons. The highest BCUT2D eigenvalue weighted by Gasteiger charge is 2.02. The van der Waals surface area contributed by atoms with Crippen molar-refractivity contribution in [2.24, 2.45) is 0 Å². The minimum Gasteiger partial charge on any atom is -0.399 e. The number of hydrogen-bond donors (Lipinski definition) is 5. The van der Waals surface area contributed by atoms with Gasteiger partial charge in [-0.15, -0.1) is 12.4 Å². The Balaban J connectivity index is 0.00000220. The Hall–Kier alpha value is -2.11. The lowest BCUT2D eigenvalue weighted by molar-refractivity contribution is 0.300. The second-order valence-corrected chi connectivity index (χ2v) is 4.75. The van der Waals surface area contributed by atoms with Gasteiger partial charge in [-0.25, -0.2) is 0 Å². The van der Waals surface area contributed by atoms with Gasteiger partial charge in [-0.1, -0.05) is 0 Å². The zero-order chi connectivity index (χ0) is 14.5. The Labute approximate surface area is 130 Å². The second-order valence-electron chi connectivity index (χ2n) is 4.75. The van der Waals surface area contributed by atoms with Gasteiger partial charge >= 0.3 is 0 Å². The van der Waals surface area contributed by atoms with Crippen LogP contribution in [-0.4, -0.2) is 11.7 Å². The SMILES string of the molecule is Cl.Nc1cc(N)cc(CNc2ccc(N)c(CCO)c2)c1. The zero-order valence-corrected chi connectivity index (χ0v) is 12.5. The van der Waals surface area contributed by atoms with Crippen molar-refractivity contribution in [3.63, 3.8) is 0 Å². The Kier molecular flexibility index (Phi) is 6.14. The quantitative estimate of drug-likeness (QED) is 0.543. The largest absolute Gasteiger partial charge is 0.399 e. The maximum Gasteiger partial charge on any atom is 0.0472 e. The van der Waals surface area contributed by atoms with E-state index < -0.39 is 0 Å². The average Bonchev–Trinajstić information content (AvgIpc) is 2.39. The summed E-state index contributed by atoms with van der Waals surface area (Å²) in [6, 6.07) is 11.2. The Bertz CT molecular complexity index is 584. The van der Waals surface area contributed by atoms with Crippen molar-refractivity contribution in [1.29, 1.82) is 0 Å². The van der Waals surface area contributed by atoms with Gasteiger partial charge < -0.3 is 27.6 Å². The number of nitrogen functional groups attached to an aromatic ring is 3. The van der Waals surface area contributed by atoms with Gasteiger partial charge in [0.25, 0.3) is 0 Å². The molecule has 0 unspecified atom stereocenters. The summed E-state index contributed by atoms with van der Waals surface area (Å²) in [6.45, 7) is 0.705. The summed E-state index contributed by atoms with van der Waals surface area (Å²) in [6.07, 6.45) is 0.548. The van der Waals surface area contributed by atoms with E-state index in [0.29, 0.717) is 30.0 Å². The normalized spacial score (nSPS) is 9.95. The fraction of sp³-hybridized carbons (Fsp3) is 0.200. The second kappa shape index (κ2) is 7.61. The molecular formula is C15H21ClN4O. The summed E-state index contributed by atoms with van der Waals surface area (Å²) in [5.41, 5.74) is 22.3. The van der Waals surface area contributed by atoms with Gasteiger partial charge in [0.05, 0.1) is 0 Å². The molecule has 0 aliphatic carbocycles. The average molecular weight is 309 g/mol. The molecule has 8 N–H and O–H groups in total. The maximum absolute atomic E-state index is 9.00. The molecule has 0 spiro atoms. The zero-order valence-electron chi connectivity index (χ0n) is 11.7. The van der Waals surface area contributed by atoms with E-state index in [1.54, 1.807) is 6.07 Å². The molecule has 0 heterocycles. The Morgan fingerprint density at radius 2 is 1.62 bits per heavy atom. The maximum atomic E-state index is 9.00. The number of nitrogens with two attached hydrogens (primary N) is 3. The first-order valence-corrected chi connectivity index (χ1v) is 6.46. The first-order valence-electron chi connectivity index (χ1n) is 6.46. The molecule has 0 fully saturated rings. The minimum atomic E-state index is 0. The van der Waals surface area contributed by atoms with Crippen molar-refractivity contribution >= 4 is 35.2 Å². The van der Waals surface area contributed by atoms with E-state index in [1.165, 1.54) is 0 Å². The molecule has 2 rings (SSSR count). The smallest absolute Gasteiger partial charge is 0.0472 e. The molecule has 0 aliphatic heterocycles. The van der Waals surface area contributed by atoms with Crippen molar-refractivity contribution in [2.45, 2.75) is 13.0 Å². The van der Waals surface area contributed by atoms with E-state index in [9.17, 15) is 0 Å². The molecule has 2 aromatic rings. The van der Waals surface area contributed by atoms with Crippen molar-refractivity contribution in [3.8, 4) is 0 Å². The summed E-state index contributed by atoms with van der Waals surface area (Å²) in [7, 11) is 0. The van der Waals surface area contributed by atoms with Crippen LogP contribution < -0.4 is 22.5 Å². The molecule has 0 radical (unpaired) electrons. The molecule has 0 atom stereocenters. The van der Waals surface area contributed by atoms with Crippen LogP contribution in [0.1, 0.15) is 11.1 Å². The van der Waals surface area contributed by atoms with Crippen LogP contribution in [0.2, 0.25) is 0 Å². The molecule has 0 aliphatic rings. The topological polar surface area (TPSA) is 110 Å². The Morgan fingerprint density at radius 3 is 2.24 bits per heavy atom. The third-order valence-corrected chi connectivity index (χ3v) is 3.06. The molecule has 0 aromatic heterocycles. The van der Waals surface area contributed by atoms with Gasteiger partial charge in [0.1, 0.15) is 0 Å². The molecule has 5 nitrogen and oxygen atoms in total. The lowest BCUT2D eigenvalue weighted by Gasteiger charge is -2.11. The molecule has 6 heteroatoms. The van der Waals surface area contributed by atoms with Crippen molar-refractivity contribution < 1.29 is 5.11 Å². The Morgan fingerprint density at radius 1 is 0.952 bits per heavy atom. The summed E-state index contributed by atoms with van der Waals surface area (Å²) >= 11 is 0. The van der Waals surface area contributed by atoms with Gasteiger partial charge in [0, 0.05) is 35.9 Å². The highest BCUT2D eigenvalue weighted by molar-refractivity contribution is 5.85. The summed E-state index contributed by atoms with van der Waals surface area (Å²) in [4.78, 5) is 0. The predicted octanol–water partition coefficient (Wildman–Crippen LogP) is 2.00. The minimum absolute atomic E-state index is 0. The molecule has 21 heavy (non-hydrogen) atoms. The summed E-state index contributed by atoms with van der Waals surface area (Å²) in [5.74, 6) is 0. The van der Waals surface area contributed by atoms with E-state index in [1.807, 2.05) is 30.3 Å². The first-order chi connectivity index (χ1) is 9.58. The van der Waals surface area contributed by atoms with Crippen LogP contribution in [0.4, 0.5) is 22.7 Å². The third-order valence-electron chi connectivity index (χ3n) is 3.06. The standard InChI is InChI=1S/C15H20N4O.ClH/c16-12-5-10(6-13(17)8-12)9-19-14-1-2-15(18)11(7-14)3-4-20;/h1-2,5-8,19-20H,3-4,9,16-18H2;1H. The van der Waals surface area contributed by atoms with E-state index in [-0.39, 0.29) is 19.0 Å². The molecule has 0 saturated carbocycles. The van der Waals surface area contributed by atoms with Crippen molar-refractivity contribution in [2.75, 3.05) is 29.1 Å². The van der Waals surface area contributed by atoms with Crippen molar-refractivity contribution in [1.82, 2.24) is 0 Å². The fourth-order valence-corrected chi connectivity index (χ4v) is 2.10. The van der Waals surface area contributed by atoms with Crippen molar-refractivity contribution in [3.05, 3.63) is 47.5 Å². The monoisotopic (exact) mass is 308 g/mol. The first kappa shape index (κ1) is 16.9. The molecule has 2 aromatic carbocycles. The number of hydrogen-bond acceptors (Lipinski definition) is 5. The highest BCUT2D eigenvalue weighted by Crippen LogP contribution is 2.20. The van der Waals surface area contributed by atoms with E-state index >= 15 is 0 Å². The number of rotatable bonds is 5. The number of anilines is 4. The van der Waals surface area contributed by atoms with E-state index in [4.69, 9.17) is 22.3 Å². The fourth-order valence-electron chi connectivity index (χ4n) is 2.10. The van der Waals surface area contributed by atoms with Crippen LogP contribution in [-0.2, 0) is 13.0 Å². The highest BCUT2D eigenvalue weighted by atomic mass is 35.5. The lowest BCUT2D eigenvalue weighted by Crippen LogP contribution is -2.04. The van der Waals surface area contributed by atoms with Crippen LogP contribution in [0, 0.1) is 0 Å². The molecule has 0 saturated heterocycles. The van der Waals surface area contributed by atoms with E-state index in [2.05, 4.69) is 5.32 Å². The molecule has 0 bridgehead atoms. The molecule has 0 amide bonds. The molecular weight excluding hydrogens is 288 g/mol. The van der Waals surface area contributed by atoms with Crippen LogP contribution in [0.3, 0.4) is 0 Å². The van der Waals surface area contributed by atoms with Gasteiger partial charge in [0.2, 0.25) is 0 Å². The van der Waals surface area contributed by atoms with Crippen LogP contribution in [0.5, 0.6) is 0 Å². The summed E-state index contributed by atoms with van der Waals surface area (Å²) in [5, 5.41) is 12.3. The van der Waals surface area contributed by atoms with Gasteiger partial charge in [-0.3, -0.25) is 0 Å². The predicted molar refractivity (Wildman–Crippen MR) is 91.5 cm³/mol. The number of aliphatic hydroxyl groups is 1. The van der Waals surface area contributed by atoms with Crippen LogP contribution >= 0.6 is 12.4 Å². The summed E-state index contributed by atoms with van der Waals surface area (Å²) < 4.78 is 0. The van der Waals surface area contributed by atoms with Gasteiger partial charge in [0.15, 0.2) is 0 Å². The number of halogens is 1. The third kappa shape index (κ3) is 4.73. The lowest BCUT2D eigenvalue weighted by atomic mass is 10.1. The van der Waals surface area contributed by atoms with Gasteiger partial charge in [-0.2, -0.15) is 0 Å². The number of benzene rings is 2. The van der Waals surface area contributed by atoms with E-state index in [0.717, 1.165) is 16.8 Å². The van der Waals surface area contributed by atoms with Gasteiger partial charge in [-0.05, 0) is 53.9 Å². The number of aliphatic hydroxyl groups excluding tert-OH is 1. The number of nitrogens with one attached hydrogen (secondary N) is 1. The van der Waals surface area contributed by atoms with Crippen LogP contribution in [0.25, 0.3) is 0 Å². The van der Waals surface area contributed by atoms with Crippen LogP contribution in [0.15, 0.2) is 36.4 Å².